The number of ketones is 1. The normalized spacial score (nSPS) is 22.5. The SMILES string of the molecule is CC(F)(F)CC[C@H](NC(=O)[C@@H]1CC2(CCN1C(=O)[C@@H](NC(=O)O)C(C)(C)C)CC2)C(=O)C(=O)NC1CC1. The van der Waals surface area contributed by atoms with Gasteiger partial charge in [-0.3, -0.25) is 19.2 Å². The van der Waals surface area contributed by atoms with Crippen LogP contribution in [0.3, 0.4) is 0 Å². The van der Waals surface area contributed by atoms with E-state index < -0.39 is 71.9 Å². The Balaban J connectivity index is 1.81. The van der Waals surface area contributed by atoms with E-state index in [1.807, 2.05) is 0 Å². The maximum atomic E-state index is 13.6. The van der Waals surface area contributed by atoms with Crippen molar-refractivity contribution < 1.29 is 37.9 Å². The first-order valence-electron chi connectivity index (χ1n) is 12.8. The number of amides is 4. The summed E-state index contributed by atoms with van der Waals surface area (Å²) >= 11 is 0. The van der Waals surface area contributed by atoms with Crippen LogP contribution in [0, 0.1) is 10.8 Å². The van der Waals surface area contributed by atoms with Crippen LogP contribution in [-0.4, -0.2) is 76.2 Å². The molecule has 4 N–H and O–H groups in total. The first-order valence-corrected chi connectivity index (χ1v) is 12.8. The largest absolute Gasteiger partial charge is 0.465 e. The number of hydrogen-bond donors (Lipinski definition) is 4. The fourth-order valence-electron chi connectivity index (χ4n) is 4.78. The van der Waals surface area contributed by atoms with Crippen LogP contribution in [0.15, 0.2) is 0 Å². The summed E-state index contributed by atoms with van der Waals surface area (Å²) in [4.78, 5) is 65.0. The molecule has 3 aliphatic rings. The third-order valence-electron chi connectivity index (χ3n) is 7.45. The Hall–Kier alpha value is -2.79. The molecule has 0 radical (unpaired) electrons. The molecule has 0 unspecified atom stereocenters. The molecule has 0 aromatic rings. The number of nitrogens with one attached hydrogen (secondary N) is 3. The summed E-state index contributed by atoms with van der Waals surface area (Å²) in [6.45, 7) is 6.01. The highest BCUT2D eigenvalue weighted by Gasteiger charge is 2.52. The Labute approximate surface area is 215 Å². The number of carbonyl (C=O) groups excluding carboxylic acids is 4. The van der Waals surface area contributed by atoms with Crippen molar-refractivity contribution in [1.29, 1.82) is 0 Å². The van der Waals surface area contributed by atoms with Gasteiger partial charge in [-0.1, -0.05) is 20.8 Å². The zero-order valence-electron chi connectivity index (χ0n) is 21.9. The minimum atomic E-state index is -3.11. The molecule has 4 amide bonds. The maximum absolute atomic E-state index is 13.6. The first kappa shape index (κ1) is 28.8. The van der Waals surface area contributed by atoms with Crippen LogP contribution in [0.5, 0.6) is 0 Å². The predicted molar refractivity (Wildman–Crippen MR) is 129 cm³/mol. The van der Waals surface area contributed by atoms with Crippen molar-refractivity contribution in [2.75, 3.05) is 6.54 Å². The van der Waals surface area contributed by atoms with Crippen LogP contribution in [0.2, 0.25) is 0 Å². The molecule has 0 aromatic heterocycles. The zero-order valence-corrected chi connectivity index (χ0v) is 21.9. The predicted octanol–water partition coefficient (Wildman–Crippen LogP) is 2.21. The second kappa shape index (κ2) is 10.5. The van der Waals surface area contributed by atoms with E-state index in [0.29, 0.717) is 19.8 Å². The number of hydrogen-bond acceptors (Lipinski definition) is 5. The average Bonchev–Trinajstić information content (AvgIpc) is 3.71. The lowest BCUT2D eigenvalue weighted by atomic mass is 9.82. The molecule has 2 saturated carbocycles. The van der Waals surface area contributed by atoms with E-state index in [0.717, 1.165) is 25.7 Å². The van der Waals surface area contributed by atoms with Gasteiger partial charge in [0.15, 0.2) is 0 Å². The van der Waals surface area contributed by atoms with Crippen molar-refractivity contribution >= 4 is 29.6 Å². The van der Waals surface area contributed by atoms with Gasteiger partial charge in [-0.25, -0.2) is 13.6 Å². The standard InChI is InChI=1S/C25H38F2N4O6/c1-23(2,3)18(30-22(36)37)21(35)31-12-11-25(9-10-25)13-16(31)19(33)29-15(7-8-24(4,26)27)17(32)20(34)28-14-5-6-14/h14-16,18,30H,5-13H2,1-4H3,(H,28,34)(H,29,33)(H,36,37)/t15-,16-,18+/m0/s1. The summed E-state index contributed by atoms with van der Waals surface area (Å²) in [5.74, 6) is -6.32. The van der Waals surface area contributed by atoms with Gasteiger partial charge in [0.25, 0.3) is 5.91 Å². The van der Waals surface area contributed by atoms with Gasteiger partial charge >= 0.3 is 6.09 Å². The Bertz CT molecular complexity index is 936. The molecule has 1 aliphatic heterocycles. The Morgan fingerprint density at radius 1 is 1.03 bits per heavy atom. The van der Waals surface area contributed by atoms with Crippen LogP contribution in [0.4, 0.5) is 13.6 Å². The highest BCUT2D eigenvalue weighted by molar-refractivity contribution is 6.38. The number of alkyl halides is 2. The molecule has 1 saturated heterocycles. The summed E-state index contributed by atoms with van der Waals surface area (Å²) in [5.41, 5.74) is -0.910. The van der Waals surface area contributed by atoms with Crippen LogP contribution < -0.4 is 16.0 Å². The van der Waals surface area contributed by atoms with E-state index in [9.17, 15) is 37.9 Å². The Morgan fingerprint density at radius 2 is 1.65 bits per heavy atom. The van der Waals surface area contributed by atoms with Crippen molar-refractivity contribution in [3.8, 4) is 0 Å². The maximum Gasteiger partial charge on any atom is 0.405 e. The van der Waals surface area contributed by atoms with Gasteiger partial charge in [0.1, 0.15) is 12.1 Å². The summed E-state index contributed by atoms with van der Waals surface area (Å²) < 4.78 is 27.2. The molecule has 3 atom stereocenters. The number of nitrogens with zero attached hydrogens (tertiary/aromatic N) is 1. The lowest BCUT2D eigenvalue weighted by molar-refractivity contribution is -0.148. The van der Waals surface area contributed by atoms with Gasteiger partial charge < -0.3 is 26.0 Å². The van der Waals surface area contributed by atoms with Crippen LogP contribution in [0.1, 0.15) is 79.1 Å². The molecule has 12 heteroatoms. The number of Topliss-reactive ketones (excluding diaryl/α,β-unsaturated/α-hetero) is 1. The van der Waals surface area contributed by atoms with E-state index in [-0.39, 0.29) is 18.0 Å². The Morgan fingerprint density at radius 3 is 2.14 bits per heavy atom. The molecular weight excluding hydrogens is 490 g/mol. The van der Waals surface area contributed by atoms with Crippen molar-refractivity contribution in [2.45, 2.75) is 109 Å². The lowest BCUT2D eigenvalue weighted by Crippen LogP contribution is -2.62. The van der Waals surface area contributed by atoms with Gasteiger partial charge in [0.2, 0.25) is 23.5 Å². The van der Waals surface area contributed by atoms with Crippen LogP contribution in [-0.2, 0) is 19.2 Å². The van der Waals surface area contributed by atoms with Gasteiger partial charge in [-0.15, -0.1) is 0 Å². The third-order valence-corrected chi connectivity index (χ3v) is 7.45. The second-order valence-electron chi connectivity index (χ2n) is 12.0. The highest BCUT2D eigenvalue weighted by Crippen LogP contribution is 2.55. The molecule has 2 aliphatic carbocycles. The summed E-state index contributed by atoms with van der Waals surface area (Å²) in [6.07, 6.45) is 1.64. The molecule has 1 heterocycles. The van der Waals surface area contributed by atoms with Gasteiger partial charge in [0, 0.05) is 19.0 Å². The smallest absolute Gasteiger partial charge is 0.405 e. The van der Waals surface area contributed by atoms with E-state index in [4.69, 9.17) is 0 Å². The van der Waals surface area contributed by atoms with E-state index in [1.54, 1.807) is 20.8 Å². The number of halogens is 2. The number of carboxylic acid groups (broad SMARTS) is 1. The van der Waals surface area contributed by atoms with Crippen LogP contribution >= 0.6 is 0 Å². The fraction of sp³-hybridized carbons (Fsp3) is 0.800. The third kappa shape index (κ3) is 7.85. The topological polar surface area (TPSA) is 145 Å². The van der Waals surface area contributed by atoms with Gasteiger partial charge in [-0.2, -0.15) is 0 Å². The molecule has 1 spiro atoms. The molecule has 0 bridgehead atoms. The minimum absolute atomic E-state index is 0.116. The summed E-state index contributed by atoms with van der Waals surface area (Å²) in [7, 11) is 0. The van der Waals surface area contributed by atoms with Crippen molar-refractivity contribution in [2.24, 2.45) is 10.8 Å². The van der Waals surface area contributed by atoms with Gasteiger partial charge in [-0.05, 0) is 62.7 Å². The molecule has 0 aromatic carbocycles. The number of rotatable bonds is 10. The first-order chi connectivity index (χ1) is 17.0. The van der Waals surface area contributed by atoms with Crippen molar-refractivity contribution in [1.82, 2.24) is 20.9 Å². The fourth-order valence-corrected chi connectivity index (χ4v) is 4.78. The summed E-state index contributed by atoms with van der Waals surface area (Å²) in [6, 6.07) is -3.75. The number of likely N-dealkylation sites (tertiary alicyclic amines) is 1. The molecular formula is C25H38F2N4O6. The molecule has 208 valence electrons. The van der Waals surface area contributed by atoms with Crippen molar-refractivity contribution in [3.63, 3.8) is 0 Å². The van der Waals surface area contributed by atoms with E-state index in [1.165, 1.54) is 4.90 Å². The quantitative estimate of drug-likeness (QED) is 0.320. The monoisotopic (exact) mass is 528 g/mol. The number of piperidine rings is 1. The minimum Gasteiger partial charge on any atom is -0.465 e. The summed E-state index contributed by atoms with van der Waals surface area (Å²) in [5, 5.41) is 16.6. The highest BCUT2D eigenvalue weighted by atomic mass is 19.3. The molecule has 3 rings (SSSR count). The van der Waals surface area contributed by atoms with Gasteiger partial charge in [0.05, 0.1) is 6.04 Å². The zero-order chi connectivity index (χ0) is 27.8. The number of carbonyl (C=O) groups is 5. The Kier molecular flexibility index (Phi) is 8.19. The average molecular weight is 529 g/mol. The van der Waals surface area contributed by atoms with E-state index in [2.05, 4.69) is 16.0 Å². The molecule has 3 fully saturated rings. The van der Waals surface area contributed by atoms with Crippen LogP contribution in [0.25, 0.3) is 0 Å². The second-order valence-corrected chi connectivity index (χ2v) is 12.0. The van der Waals surface area contributed by atoms with Crippen molar-refractivity contribution in [3.05, 3.63) is 0 Å². The molecule has 10 nitrogen and oxygen atoms in total. The lowest BCUT2D eigenvalue weighted by Gasteiger charge is -2.42. The van der Waals surface area contributed by atoms with E-state index >= 15 is 0 Å². The molecule has 37 heavy (non-hydrogen) atoms.